The van der Waals surface area contributed by atoms with E-state index in [4.69, 9.17) is 4.74 Å². The highest BCUT2D eigenvalue weighted by molar-refractivity contribution is 7.89. The van der Waals surface area contributed by atoms with E-state index in [0.717, 1.165) is 18.2 Å². The Morgan fingerprint density at radius 3 is 2.37 bits per heavy atom. The van der Waals surface area contributed by atoms with Gasteiger partial charge < -0.3 is 10.1 Å². The Kier molecular flexibility index (Phi) is 7.63. The van der Waals surface area contributed by atoms with Gasteiger partial charge in [-0.3, -0.25) is 4.79 Å². The van der Waals surface area contributed by atoms with Crippen molar-refractivity contribution < 1.29 is 31.5 Å². The van der Waals surface area contributed by atoms with Crippen molar-refractivity contribution in [3.63, 3.8) is 0 Å². The maximum absolute atomic E-state index is 13.6. The smallest absolute Gasteiger partial charge is 0.338 e. The van der Waals surface area contributed by atoms with Crippen molar-refractivity contribution in [1.82, 2.24) is 4.31 Å². The minimum atomic E-state index is -3.79. The number of aryl methyl sites for hydroxylation is 1. The quantitative estimate of drug-likeness (QED) is 0.637. The van der Waals surface area contributed by atoms with Crippen LogP contribution in [0.2, 0.25) is 0 Å². The first-order chi connectivity index (χ1) is 14.1. The molecule has 30 heavy (non-hydrogen) atoms. The average molecular weight is 440 g/mol. The number of ether oxygens (including phenoxy) is 1. The van der Waals surface area contributed by atoms with Gasteiger partial charge in [0.15, 0.2) is 6.61 Å². The highest BCUT2D eigenvalue weighted by Gasteiger charge is 2.24. The van der Waals surface area contributed by atoms with Crippen LogP contribution in [-0.2, 0) is 19.6 Å². The SMILES string of the molecule is CCN(CC)S(=O)(=O)c1ccc(C)c(C(=O)OCC(=O)Nc2cc(F)ccc2F)c1. The van der Waals surface area contributed by atoms with Gasteiger partial charge in [0.1, 0.15) is 11.6 Å². The summed E-state index contributed by atoms with van der Waals surface area (Å²) in [6.07, 6.45) is 0. The van der Waals surface area contributed by atoms with Crippen LogP contribution < -0.4 is 5.32 Å². The number of nitrogens with one attached hydrogen (secondary N) is 1. The van der Waals surface area contributed by atoms with Gasteiger partial charge in [0.25, 0.3) is 5.91 Å². The zero-order chi connectivity index (χ0) is 22.5. The van der Waals surface area contributed by atoms with E-state index in [1.54, 1.807) is 20.8 Å². The molecule has 7 nitrogen and oxygen atoms in total. The number of nitrogens with zero attached hydrogens (tertiary/aromatic N) is 1. The van der Waals surface area contributed by atoms with Crippen LogP contribution in [0.4, 0.5) is 14.5 Å². The maximum Gasteiger partial charge on any atom is 0.338 e. The van der Waals surface area contributed by atoms with Gasteiger partial charge in [-0.1, -0.05) is 19.9 Å². The number of hydrogen-bond donors (Lipinski definition) is 1. The van der Waals surface area contributed by atoms with Gasteiger partial charge in [-0.15, -0.1) is 0 Å². The molecular weight excluding hydrogens is 418 g/mol. The normalized spacial score (nSPS) is 11.4. The van der Waals surface area contributed by atoms with Gasteiger partial charge >= 0.3 is 5.97 Å². The molecule has 2 aromatic rings. The predicted molar refractivity (Wildman–Crippen MR) is 107 cm³/mol. The fourth-order valence-electron chi connectivity index (χ4n) is 2.68. The van der Waals surface area contributed by atoms with Gasteiger partial charge in [-0.05, 0) is 36.8 Å². The van der Waals surface area contributed by atoms with Crippen LogP contribution in [0.3, 0.4) is 0 Å². The summed E-state index contributed by atoms with van der Waals surface area (Å²) in [5, 5.41) is 2.10. The monoisotopic (exact) mass is 440 g/mol. The summed E-state index contributed by atoms with van der Waals surface area (Å²) in [5.41, 5.74) is 0.0441. The number of carbonyl (C=O) groups is 2. The number of anilines is 1. The number of rotatable bonds is 8. The lowest BCUT2D eigenvalue weighted by molar-refractivity contribution is -0.119. The number of benzene rings is 2. The number of sulfonamides is 1. The lowest BCUT2D eigenvalue weighted by atomic mass is 10.1. The second-order valence-corrected chi connectivity index (χ2v) is 8.25. The molecule has 0 aromatic heterocycles. The molecule has 2 rings (SSSR count). The van der Waals surface area contributed by atoms with Crippen molar-refractivity contribution in [2.45, 2.75) is 25.7 Å². The van der Waals surface area contributed by atoms with Crippen LogP contribution in [0, 0.1) is 18.6 Å². The van der Waals surface area contributed by atoms with Crippen molar-refractivity contribution in [2.75, 3.05) is 25.0 Å². The Morgan fingerprint density at radius 1 is 1.07 bits per heavy atom. The van der Waals surface area contributed by atoms with Gasteiger partial charge in [0.2, 0.25) is 10.0 Å². The summed E-state index contributed by atoms with van der Waals surface area (Å²) in [5.74, 6) is -3.39. The van der Waals surface area contributed by atoms with Crippen LogP contribution in [0.15, 0.2) is 41.3 Å². The summed E-state index contributed by atoms with van der Waals surface area (Å²) in [6, 6.07) is 6.58. The van der Waals surface area contributed by atoms with Crippen molar-refractivity contribution in [3.05, 3.63) is 59.2 Å². The third kappa shape index (κ3) is 5.39. The highest BCUT2D eigenvalue weighted by Crippen LogP contribution is 2.20. The van der Waals surface area contributed by atoms with Crippen LogP contribution >= 0.6 is 0 Å². The van der Waals surface area contributed by atoms with E-state index in [0.29, 0.717) is 5.56 Å². The molecule has 0 saturated carbocycles. The van der Waals surface area contributed by atoms with Gasteiger partial charge in [-0.25, -0.2) is 22.0 Å². The molecule has 0 aliphatic heterocycles. The Morgan fingerprint density at radius 2 is 1.73 bits per heavy atom. The molecule has 2 aromatic carbocycles. The van der Waals surface area contributed by atoms with Crippen molar-refractivity contribution in [3.8, 4) is 0 Å². The molecule has 0 spiro atoms. The van der Waals surface area contributed by atoms with E-state index in [1.807, 2.05) is 0 Å². The topological polar surface area (TPSA) is 92.8 Å². The molecule has 0 bridgehead atoms. The lowest BCUT2D eigenvalue weighted by Crippen LogP contribution is -2.30. The number of carbonyl (C=O) groups excluding carboxylic acids is 2. The number of esters is 1. The number of halogens is 2. The standard InChI is InChI=1S/C20H22F2N2O5S/c1-4-24(5-2)30(27,28)15-8-6-13(3)16(11-15)20(26)29-12-19(25)23-18-10-14(21)7-9-17(18)22/h6-11H,4-5,12H2,1-3H3,(H,23,25). The van der Waals surface area contributed by atoms with Gasteiger partial charge in [-0.2, -0.15) is 4.31 Å². The van der Waals surface area contributed by atoms with E-state index in [9.17, 15) is 26.8 Å². The van der Waals surface area contributed by atoms with Crippen molar-refractivity contribution >= 4 is 27.6 Å². The van der Waals surface area contributed by atoms with Crippen LogP contribution in [0.25, 0.3) is 0 Å². The summed E-state index contributed by atoms with van der Waals surface area (Å²) < 4.78 is 58.2. The predicted octanol–water partition coefficient (Wildman–Crippen LogP) is 3.10. The molecule has 1 amide bonds. The molecule has 10 heteroatoms. The Bertz CT molecular complexity index is 1050. The van der Waals surface area contributed by atoms with Crippen LogP contribution in [0.5, 0.6) is 0 Å². The fourth-order valence-corrected chi connectivity index (χ4v) is 4.17. The van der Waals surface area contributed by atoms with E-state index in [1.165, 1.54) is 22.5 Å². The maximum atomic E-state index is 13.6. The Balaban J connectivity index is 2.13. The van der Waals surface area contributed by atoms with E-state index in [2.05, 4.69) is 5.32 Å². The Labute approximate surface area is 173 Å². The second-order valence-electron chi connectivity index (χ2n) is 6.31. The summed E-state index contributed by atoms with van der Waals surface area (Å²) in [6.45, 7) is 4.76. The molecule has 0 aliphatic carbocycles. The Hall–Kier alpha value is -2.85. The summed E-state index contributed by atoms with van der Waals surface area (Å²) in [7, 11) is -3.79. The first kappa shape index (κ1) is 23.4. The summed E-state index contributed by atoms with van der Waals surface area (Å²) >= 11 is 0. The van der Waals surface area contributed by atoms with E-state index < -0.39 is 40.1 Å². The van der Waals surface area contributed by atoms with Gasteiger partial charge in [0, 0.05) is 19.2 Å². The molecule has 0 aliphatic rings. The first-order valence-corrected chi connectivity index (χ1v) is 10.6. The van der Waals surface area contributed by atoms with Crippen molar-refractivity contribution in [1.29, 1.82) is 0 Å². The third-order valence-electron chi connectivity index (χ3n) is 4.31. The number of hydrogen-bond acceptors (Lipinski definition) is 5. The molecule has 0 unspecified atom stereocenters. The summed E-state index contributed by atoms with van der Waals surface area (Å²) in [4.78, 5) is 24.2. The van der Waals surface area contributed by atoms with E-state index in [-0.39, 0.29) is 29.2 Å². The average Bonchev–Trinajstić information content (AvgIpc) is 2.69. The van der Waals surface area contributed by atoms with E-state index >= 15 is 0 Å². The molecule has 0 fully saturated rings. The largest absolute Gasteiger partial charge is 0.452 e. The molecule has 0 radical (unpaired) electrons. The van der Waals surface area contributed by atoms with Gasteiger partial charge in [0.05, 0.1) is 16.1 Å². The third-order valence-corrected chi connectivity index (χ3v) is 6.35. The number of amides is 1. The molecule has 162 valence electrons. The first-order valence-electron chi connectivity index (χ1n) is 9.13. The minimum Gasteiger partial charge on any atom is -0.452 e. The fraction of sp³-hybridized carbons (Fsp3) is 0.300. The highest BCUT2D eigenvalue weighted by atomic mass is 32.2. The molecule has 1 N–H and O–H groups in total. The molecule has 0 heterocycles. The van der Waals surface area contributed by atoms with Crippen LogP contribution in [0.1, 0.15) is 29.8 Å². The zero-order valence-electron chi connectivity index (χ0n) is 16.7. The molecule has 0 atom stereocenters. The van der Waals surface area contributed by atoms with Crippen molar-refractivity contribution in [2.24, 2.45) is 0 Å². The zero-order valence-corrected chi connectivity index (χ0v) is 17.6. The van der Waals surface area contributed by atoms with Crippen LogP contribution in [-0.4, -0.2) is 44.3 Å². The second kappa shape index (κ2) is 9.77. The molecular formula is C20H22F2N2O5S. The minimum absolute atomic E-state index is 0.0204. The lowest BCUT2D eigenvalue weighted by Gasteiger charge is -2.19. The molecule has 0 saturated heterocycles.